The van der Waals surface area contributed by atoms with Gasteiger partial charge in [0.15, 0.2) is 0 Å². The molecule has 0 N–H and O–H groups in total. The van der Waals surface area contributed by atoms with E-state index in [1.807, 2.05) is 6.07 Å². The van der Waals surface area contributed by atoms with Crippen molar-refractivity contribution in [1.82, 2.24) is 0 Å². The molecule has 0 bridgehead atoms. The van der Waals surface area contributed by atoms with Crippen LogP contribution in [0, 0.1) is 6.92 Å². The van der Waals surface area contributed by atoms with Crippen LogP contribution in [0.15, 0.2) is 43.0 Å². The Morgan fingerprint density at radius 1 is 1.00 bits per heavy atom. The monoisotopic (exact) mass is 394 g/mol. The number of carbonyl (C=O) groups excluding carboxylic acids is 1. The molecule has 1 nitrogen and oxygen atoms in total. The van der Waals surface area contributed by atoms with Gasteiger partial charge in [0, 0.05) is 0 Å². The normalized spacial score (nSPS) is 11.2. The molecular formula is C23H22OSe. The van der Waals surface area contributed by atoms with E-state index in [9.17, 15) is 4.79 Å². The molecular weight excluding hydrogens is 371 g/mol. The summed E-state index contributed by atoms with van der Waals surface area (Å²) < 4.78 is 1.35. The van der Waals surface area contributed by atoms with Crippen LogP contribution in [-0.2, 0) is 0 Å². The summed E-state index contributed by atoms with van der Waals surface area (Å²) in [5.74, 6) is 2.23. The van der Waals surface area contributed by atoms with Crippen LogP contribution in [0.3, 0.4) is 0 Å². The van der Waals surface area contributed by atoms with Crippen LogP contribution in [0.25, 0.3) is 37.9 Å². The molecule has 4 aromatic carbocycles. The van der Waals surface area contributed by atoms with E-state index in [2.05, 4.69) is 56.6 Å². The van der Waals surface area contributed by atoms with Gasteiger partial charge in [0.2, 0.25) is 0 Å². The van der Waals surface area contributed by atoms with Crippen LogP contribution in [0.2, 0.25) is 5.82 Å². The predicted molar refractivity (Wildman–Crippen MR) is 113 cm³/mol. The molecule has 25 heavy (non-hydrogen) atoms. The molecule has 0 amide bonds. The Labute approximate surface area is 155 Å². The molecule has 126 valence electrons. The number of carbonyl (C=O) groups is 1. The first-order valence-electron chi connectivity index (χ1n) is 7.95. The molecule has 0 radical (unpaired) electrons. The van der Waals surface area contributed by atoms with Gasteiger partial charge in [0.25, 0.3) is 0 Å². The van der Waals surface area contributed by atoms with Gasteiger partial charge in [-0.1, -0.05) is 7.43 Å². The van der Waals surface area contributed by atoms with Gasteiger partial charge in [-0.3, -0.25) is 0 Å². The predicted octanol–water partition coefficient (Wildman–Crippen LogP) is 5.75. The summed E-state index contributed by atoms with van der Waals surface area (Å²) >= 11 is 0.411. The summed E-state index contributed by atoms with van der Waals surface area (Å²) in [5, 5.41) is 7.14. The van der Waals surface area contributed by atoms with Crippen LogP contribution in [-0.4, -0.2) is 21.2 Å². The number of hydrogen-bond donors (Lipinski definition) is 0. The standard InChI is InChI=1S/C22H18OSe.CH4/c1-12(2)18-9-14-5-13(3)6-19-16(11-23)7-15-8-17(24-4)10-20(18)22(15)21(14)19;/h5-11H,1H2,2-4H3;1H4. The van der Waals surface area contributed by atoms with Crippen molar-refractivity contribution in [3.05, 3.63) is 59.7 Å². The molecule has 0 aliphatic carbocycles. The van der Waals surface area contributed by atoms with Gasteiger partial charge in [-0.15, -0.1) is 0 Å². The molecule has 0 aliphatic heterocycles. The van der Waals surface area contributed by atoms with Crippen molar-refractivity contribution in [3.8, 4) is 0 Å². The van der Waals surface area contributed by atoms with Crippen molar-refractivity contribution >= 4 is 63.6 Å². The van der Waals surface area contributed by atoms with E-state index in [0.29, 0.717) is 15.0 Å². The average Bonchev–Trinajstić information content (AvgIpc) is 2.57. The van der Waals surface area contributed by atoms with Crippen molar-refractivity contribution in [1.29, 1.82) is 0 Å². The van der Waals surface area contributed by atoms with E-state index in [1.165, 1.54) is 37.1 Å². The van der Waals surface area contributed by atoms with E-state index >= 15 is 0 Å². The van der Waals surface area contributed by atoms with Crippen molar-refractivity contribution < 1.29 is 4.79 Å². The first-order chi connectivity index (χ1) is 11.5. The molecule has 0 spiro atoms. The summed E-state index contributed by atoms with van der Waals surface area (Å²) in [7, 11) is 0. The van der Waals surface area contributed by atoms with Crippen LogP contribution in [0.4, 0.5) is 0 Å². The van der Waals surface area contributed by atoms with Gasteiger partial charge in [0.1, 0.15) is 0 Å². The Balaban J connectivity index is 0.00000182. The number of rotatable bonds is 3. The Hall–Kier alpha value is -2.15. The third-order valence-electron chi connectivity index (χ3n) is 4.74. The van der Waals surface area contributed by atoms with E-state index in [1.54, 1.807) is 0 Å². The third-order valence-corrected chi connectivity index (χ3v) is 6.22. The molecule has 0 saturated carbocycles. The van der Waals surface area contributed by atoms with Gasteiger partial charge in [0.05, 0.1) is 0 Å². The van der Waals surface area contributed by atoms with Gasteiger partial charge in [-0.25, -0.2) is 0 Å². The minimum absolute atomic E-state index is 0. The number of aldehydes is 1. The summed E-state index contributed by atoms with van der Waals surface area (Å²) in [6.45, 7) is 8.35. The maximum absolute atomic E-state index is 11.7. The Morgan fingerprint density at radius 3 is 2.32 bits per heavy atom. The second kappa shape index (κ2) is 6.29. The van der Waals surface area contributed by atoms with E-state index < -0.39 is 0 Å². The number of allylic oxidation sites excluding steroid dienone is 1. The Bertz CT molecular complexity index is 1140. The topological polar surface area (TPSA) is 17.1 Å². The fraction of sp³-hybridized carbons (Fsp3) is 0.174. The fourth-order valence-electron chi connectivity index (χ4n) is 3.72. The molecule has 4 aromatic rings. The van der Waals surface area contributed by atoms with Gasteiger partial charge >= 0.3 is 148 Å². The maximum atomic E-state index is 11.7. The molecule has 0 heterocycles. The van der Waals surface area contributed by atoms with Crippen LogP contribution >= 0.6 is 0 Å². The first kappa shape index (κ1) is 17.7. The first-order valence-corrected chi connectivity index (χ1v) is 10.5. The zero-order valence-corrected chi connectivity index (χ0v) is 15.8. The van der Waals surface area contributed by atoms with E-state index in [-0.39, 0.29) is 7.43 Å². The van der Waals surface area contributed by atoms with Crippen LogP contribution < -0.4 is 4.46 Å². The van der Waals surface area contributed by atoms with Crippen LogP contribution in [0.5, 0.6) is 0 Å². The number of aryl methyl sites for hydroxylation is 1. The van der Waals surface area contributed by atoms with Gasteiger partial charge in [-0.05, 0) is 0 Å². The summed E-state index contributed by atoms with van der Waals surface area (Å²) in [5.41, 5.74) is 4.25. The molecule has 2 heteroatoms. The molecule has 0 aromatic heterocycles. The van der Waals surface area contributed by atoms with E-state index in [0.717, 1.165) is 28.2 Å². The summed E-state index contributed by atoms with van der Waals surface area (Å²) in [6, 6.07) is 13.2. The molecule has 0 aliphatic rings. The van der Waals surface area contributed by atoms with Crippen molar-refractivity contribution in [2.45, 2.75) is 27.1 Å². The van der Waals surface area contributed by atoms with Crippen molar-refractivity contribution in [2.24, 2.45) is 0 Å². The quantitative estimate of drug-likeness (QED) is 0.246. The molecule has 0 atom stereocenters. The third kappa shape index (κ3) is 2.57. The summed E-state index contributed by atoms with van der Waals surface area (Å²) in [6.07, 6.45) is 0.986. The van der Waals surface area contributed by atoms with E-state index in [4.69, 9.17) is 0 Å². The average molecular weight is 393 g/mol. The zero-order chi connectivity index (χ0) is 17.0. The minimum atomic E-state index is 0. The fourth-order valence-corrected chi connectivity index (χ4v) is 4.73. The SMILES string of the molecule is C.C=C(C)c1cc2cc(C)cc3c(C=O)cc4cc([Se]C)cc1c4c23. The van der Waals surface area contributed by atoms with Crippen molar-refractivity contribution in [3.63, 3.8) is 0 Å². The molecule has 0 unspecified atom stereocenters. The molecule has 4 rings (SSSR count). The number of benzene rings is 4. The van der Waals surface area contributed by atoms with Gasteiger partial charge in [-0.2, -0.15) is 0 Å². The second-order valence-corrected chi connectivity index (χ2v) is 8.32. The number of hydrogen-bond acceptors (Lipinski definition) is 1. The second-order valence-electron chi connectivity index (χ2n) is 6.47. The Kier molecular flexibility index (Phi) is 4.45. The zero-order valence-electron chi connectivity index (χ0n) is 14.1. The molecule has 0 saturated heterocycles. The molecule has 0 fully saturated rings. The van der Waals surface area contributed by atoms with Crippen LogP contribution in [0.1, 0.15) is 35.8 Å². The summed E-state index contributed by atoms with van der Waals surface area (Å²) in [4.78, 5) is 11.7. The Morgan fingerprint density at radius 2 is 1.68 bits per heavy atom. The van der Waals surface area contributed by atoms with Crippen molar-refractivity contribution in [2.75, 3.05) is 0 Å². The van der Waals surface area contributed by atoms with Gasteiger partial charge < -0.3 is 0 Å².